The first kappa shape index (κ1) is 23.3. The quantitative estimate of drug-likeness (QED) is 0.458. The van der Waals surface area contributed by atoms with E-state index in [2.05, 4.69) is 25.9 Å². The number of anilines is 3. The Balaban J connectivity index is 0.00000272. The van der Waals surface area contributed by atoms with Gasteiger partial charge in [-0.25, -0.2) is 4.98 Å². The Kier molecular flexibility index (Phi) is 8.09. The summed E-state index contributed by atoms with van der Waals surface area (Å²) in [5.74, 6) is 0.920. The van der Waals surface area contributed by atoms with Crippen molar-refractivity contribution in [1.82, 2.24) is 15.3 Å². The van der Waals surface area contributed by atoms with Crippen LogP contribution in [-0.2, 0) is 0 Å². The molecule has 0 bridgehead atoms. The number of halogens is 2. The highest BCUT2D eigenvalue weighted by molar-refractivity contribution is 7.17. The number of para-hydroxylation sites is 1. The first-order chi connectivity index (χ1) is 14.6. The molecule has 1 fully saturated rings. The Morgan fingerprint density at radius 3 is 2.90 bits per heavy atom. The molecule has 1 aliphatic heterocycles. The number of ether oxygens (including phenoxy) is 1. The molecule has 2 aromatic heterocycles. The van der Waals surface area contributed by atoms with Gasteiger partial charge in [-0.1, -0.05) is 41.1 Å². The number of rotatable bonds is 6. The lowest BCUT2D eigenvalue weighted by Crippen LogP contribution is -2.37. The van der Waals surface area contributed by atoms with E-state index in [0.29, 0.717) is 32.4 Å². The lowest BCUT2D eigenvalue weighted by Gasteiger charge is -2.23. The monoisotopic (exact) mass is 479 g/mol. The molecule has 3 aromatic rings. The van der Waals surface area contributed by atoms with Crippen LogP contribution in [-0.4, -0.2) is 35.1 Å². The van der Waals surface area contributed by atoms with Gasteiger partial charge in [-0.2, -0.15) is 4.98 Å². The van der Waals surface area contributed by atoms with E-state index >= 15 is 0 Å². The predicted octanol–water partition coefficient (Wildman–Crippen LogP) is 5.05. The molecule has 7 nitrogen and oxygen atoms in total. The molecule has 1 aromatic carbocycles. The van der Waals surface area contributed by atoms with Crippen LogP contribution >= 0.6 is 35.3 Å². The highest BCUT2D eigenvalue weighted by atomic mass is 35.5. The molecule has 0 aliphatic carbocycles. The second-order valence-electron chi connectivity index (χ2n) is 6.99. The fraction of sp³-hybridized carbons (Fsp3) is 0.286. The van der Waals surface area contributed by atoms with Crippen molar-refractivity contribution < 1.29 is 9.53 Å². The van der Waals surface area contributed by atoms with E-state index in [-0.39, 0.29) is 24.4 Å². The molecule has 0 saturated carbocycles. The van der Waals surface area contributed by atoms with Gasteiger partial charge in [0, 0.05) is 12.6 Å². The van der Waals surface area contributed by atoms with E-state index in [0.717, 1.165) is 31.5 Å². The van der Waals surface area contributed by atoms with Crippen molar-refractivity contribution in [3.63, 3.8) is 0 Å². The van der Waals surface area contributed by atoms with Crippen LogP contribution in [0.25, 0.3) is 0 Å². The highest BCUT2D eigenvalue weighted by Crippen LogP contribution is 2.28. The van der Waals surface area contributed by atoms with Crippen LogP contribution in [0.3, 0.4) is 0 Å². The van der Waals surface area contributed by atoms with Crippen LogP contribution in [0.15, 0.2) is 42.6 Å². The maximum Gasteiger partial charge on any atom is 0.267 e. The fourth-order valence-electron chi connectivity index (χ4n) is 3.15. The molecule has 3 heterocycles. The summed E-state index contributed by atoms with van der Waals surface area (Å²) in [6, 6.07) is 11.0. The van der Waals surface area contributed by atoms with Crippen molar-refractivity contribution in [2.24, 2.45) is 0 Å². The minimum Gasteiger partial charge on any atom is -0.473 e. The van der Waals surface area contributed by atoms with E-state index in [4.69, 9.17) is 16.3 Å². The number of nitrogens with one attached hydrogen (secondary N) is 3. The molecule has 10 heteroatoms. The number of pyridine rings is 1. The first-order valence-electron chi connectivity index (χ1n) is 9.72. The molecular formula is C21H23Cl2N5O2S. The van der Waals surface area contributed by atoms with E-state index in [1.54, 1.807) is 6.07 Å². The summed E-state index contributed by atoms with van der Waals surface area (Å²) < 4.78 is 5.96. The van der Waals surface area contributed by atoms with Gasteiger partial charge in [0.05, 0.1) is 16.9 Å². The van der Waals surface area contributed by atoms with E-state index in [1.807, 2.05) is 37.3 Å². The van der Waals surface area contributed by atoms with Crippen LogP contribution in [0.2, 0.25) is 5.02 Å². The molecular weight excluding hydrogens is 457 g/mol. The van der Waals surface area contributed by atoms with Crippen molar-refractivity contribution in [1.29, 1.82) is 0 Å². The van der Waals surface area contributed by atoms with Gasteiger partial charge in [0.15, 0.2) is 5.13 Å². The van der Waals surface area contributed by atoms with Gasteiger partial charge in [0.25, 0.3) is 5.91 Å². The summed E-state index contributed by atoms with van der Waals surface area (Å²) in [5.41, 5.74) is 1.50. The minimum absolute atomic E-state index is 0. The Morgan fingerprint density at radius 1 is 1.29 bits per heavy atom. The van der Waals surface area contributed by atoms with Crippen LogP contribution in [0.1, 0.15) is 28.1 Å². The summed E-state index contributed by atoms with van der Waals surface area (Å²) in [6.07, 6.45) is 3.77. The van der Waals surface area contributed by atoms with Crippen molar-refractivity contribution in [2.45, 2.75) is 25.9 Å². The van der Waals surface area contributed by atoms with Gasteiger partial charge in [-0.3, -0.25) is 4.79 Å². The number of thiazole rings is 1. The van der Waals surface area contributed by atoms with Crippen LogP contribution in [0.4, 0.5) is 16.6 Å². The second kappa shape index (κ2) is 10.8. The average molecular weight is 480 g/mol. The highest BCUT2D eigenvalue weighted by Gasteiger charge is 2.16. The first-order valence-corrected chi connectivity index (χ1v) is 10.9. The third kappa shape index (κ3) is 6.07. The molecule has 0 radical (unpaired) electrons. The van der Waals surface area contributed by atoms with Crippen molar-refractivity contribution >= 4 is 57.9 Å². The minimum atomic E-state index is -0.258. The van der Waals surface area contributed by atoms with E-state index in [1.165, 1.54) is 17.5 Å². The smallest absolute Gasteiger partial charge is 0.267 e. The van der Waals surface area contributed by atoms with Gasteiger partial charge in [0.2, 0.25) is 5.88 Å². The molecule has 3 N–H and O–H groups in total. The standard InChI is InChI=1S/C21H22ClN5O2S.ClH/c1-13-5-2-7-15(22)19(13)27-20(28)16-12-24-21(30-16)26-17-8-3-9-18(25-17)29-14-6-4-10-23-11-14;/h2-3,5,7-9,12,14,23H,4,6,10-11H2,1H3,(H,27,28)(H,24,25,26);1H/t14-;/m0./s1. The fourth-order valence-corrected chi connectivity index (χ4v) is 4.14. The number of piperidine rings is 1. The van der Waals surface area contributed by atoms with E-state index < -0.39 is 0 Å². The Labute approximate surface area is 196 Å². The summed E-state index contributed by atoms with van der Waals surface area (Å²) in [7, 11) is 0. The summed E-state index contributed by atoms with van der Waals surface area (Å²) in [6.45, 7) is 3.76. The number of aromatic nitrogens is 2. The Hall–Kier alpha value is -2.39. The molecule has 1 saturated heterocycles. The zero-order chi connectivity index (χ0) is 20.9. The molecule has 1 atom stereocenters. The number of benzene rings is 1. The summed E-state index contributed by atoms with van der Waals surface area (Å²) in [4.78, 5) is 21.8. The summed E-state index contributed by atoms with van der Waals surface area (Å²) >= 11 is 7.44. The van der Waals surface area contributed by atoms with Gasteiger partial charge in [-0.05, 0) is 44.0 Å². The molecule has 0 spiro atoms. The number of carbonyl (C=O) groups excluding carboxylic acids is 1. The molecule has 1 aliphatic rings. The molecule has 164 valence electrons. The van der Waals surface area contributed by atoms with Crippen molar-refractivity contribution in [3.8, 4) is 5.88 Å². The summed E-state index contributed by atoms with van der Waals surface area (Å²) in [5, 5.41) is 10.4. The number of nitrogens with zero attached hydrogens (tertiary/aromatic N) is 2. The third-order valence-electron chi connectivity index (χ3n) is 4.69. The van der Waals surface area contributed by atoms with Crippen molar-refractivity contribution in [3.05, 3.63) is 58.1 Å². The van der Waals surface area contributed by atoms with Gasteiger partial charge in [0.1, 0.15) is 16.8 Å². The number of carbonyl (C=O) groups is 1. The number of hydrogen-bond donors (Lipinski definition) is 3. The SMILES string of the molecule is Cc1cccc(Cl)c1NC(=O)c1cnc(Nc2cccc(O[C@H]3CCCNC3)n2)s1.Cl. The van der Waals surface area contributed by atoms with Gasteiger partial charge in [-0.15, -0.1) is 12.4 Å². The maximum absolute atomic E-state index is 12.6. The number of amides is 1. The lowest BCUT2D eigenvalue weighted by molar-refractivity contribution is 0.103. The van der Waals surface area contributed by atoms with E-state index in [9.17, 15) is 4.79 Å². The zero-order valence-corrected chi connectivity index (χ0v) is 19.2. The normalized spacial score (nSPS) is 15.6. The number of hydrogen-bond acceptors (Lipinski definition) is 7. The molecule has 31 heavy (non-hydrogen) atoms. The molecule has 0 unspecified atom stereocenters. The van der Waals surface area contributed by atoms with Gasteiger partial charge < -0.3 is 20.7 Å². The maximum atomic E-state index is 12.6. The van der Waals surface area contributed by atoms with Crippen LogP contribution < -0.4 is 20.7 Å². The predicted molar refractivity (Wildman–Crippen MR) is 128 cm³/mol. The van der Waals surface area contributed by atoms with Crippen LogP contribution in [0.5, 0.6) is 5.88 Å². The number of aryl methyl sites for hydroxylation is 1. The van der Waals surface area contributed by atoms with Crippen LogP contribution in [0, 0.1) is 6.92 Å². The largest absolute Gasteiger partial charge is 0.473 e. The second-order valence-corrected chi connectivity index (χ2v) is 8.43. The molecule has 4 rings (SSSR count). The Bertz CT molecular complexity index is 1020. The Morgan fingerprint density at radius 2 is 2.13 bits per heavy atom. The average Bonchev–Trinajstić information content (AvgIpc) is 3.20. The zero-order valence-electron chi connectivity index (χ0n) is 16.9. The third-order valence-corrected chi connectivity index (χ3v) is 5.91. The molecule has 1 amide bonds. The lowest BCUT2D eigenvalue weighted by atomic mass is 10.1. The van der Waals surface area contributed by atoms with Gasteiger partial charge >= 0.3 is 0 Å². The van der Waals surface area contributed by atoms with Crippen molar-refractivity contribution in [2.75, 3.05) is 23.7 Å². The topological polar surface area (TPSA) is 88.2 Å².